The van der Waals surface area contributed by atoms with Crippen LogP contribution in [0.3, 0.4) is 0 Å². The topological polar surface area (TPSA) is 23.6 Å². The highest BCUT2D eigenvalue weighted by atomic mass is 19.1. The summed E-state index contributed by atoms with van der Waals surface area (Å²) in [5.41, 5.74) is 1.10. The second-order valence-electron chi connectivity index (χ2n) is 5.45. The summed E-state index contributed by atoms with van der Waals surface area (Å²) in [4.78, 5) is 16.5. The lowest BCUT2D eigenvalue weighted by Crippen LogP contribution is -2.42. The predicted molar refractivity (Wildman–Crippen MR) is 73.7 cm³/mol. The van der Waals surface area contributed by atoms with E-state index in [1.165, 1.54) is 6.07 Å². The molecule has 1 unspecified atom stereocenters. The lowest BCUT2D eigenvalue weighted by molar-refractivity contribution is 0.0691. The van der Waals surface area contributed by atoms with Crippen LogP contribution in [0.25, 0.3) is 0 Å². The third kappa shape index (κ3) is 3.13. The van der Waals surface area contributed by atoms with Gasteiger partial charge in [-0.05, 0) is 46.0 Å². The molecule has 1 saturated heterocycles. The van der Waals surface area contributed by atoms with Gasteiger partial charge in [-0.15, -0.1) is 0 Å². The molecule has 104 valence electrons. The lowest BCUT2D eigenvalue weighted by Gasteiger charge is -2.28. The predicted octanol–water partition coefficient (Wildman–Crippen LogP) is 2.30. The van der Waals surface area contributed by atoms with Crippen LogP contribution in [-0.2, 0) is 0 Å². The number of carbonyl (C=O) groups excluding carboxylic acids is 1. The fourth-order valence-electron chi connectivity index (χ4n) is 2.63. The van der Waals surface area contributed by atoms with E-state index in [1.54, 1.807) is 17.0 Å². The Labute approximate surface area is 114 Å². The zero-order valence-corrected chi connectivity index (χ0v) is 11.8. The van der Waals surface area contributed by atoms with Crippen molar-refractivity contribution in [1.29, 1.82) is 0 Å². The quantitative estimate of drug-likeness (QED) is 0.777. The molecule has 1 aromatic rings. The second-order valence-corrected chi connectivity index (χ2v) is 5.45. The normalized spacial score (nSPS) is 21.3. The summed E-state index contributed by atoms with van der Waals surface area (Å²) >= 11 is 0. The zero-order chi connectivity index (χ0) is 14.0. The first-order valence-corrected chi connectivity index (χ1v) is 6.74. The molecule has 2 rings (SSSR count). The Morgan fingerprint density at radius 2 is 2.11 bits per heavy atom. The van der Waals surface area contributed by atoms with Gasteiger partial charge in [0.2, 0.25) is 0 Å². The Morgan fingerprint density at radius 1 is 1.37 bits per heavy atom. The van der Waals surface area contributed by atoms with E-state index in [0.717, 1.165) is 25.1 Å². The first kappa shape index (κ1) is 14.0. The molecule has 1 aliphatic heterocycles. The molecule has 0 saturated carbocycles. The van der Waals surface area contributed by atoms with Gasteiger partial charge in [-0.3, -0.25) is 4.79 Å². The van der Waals surface area contributed by atoms with Crippen LogP contribution in [0, 0.1) is 12.7 Å². The Morgan fingerprint density at radius 3 is 2.84 bits per heavy atom. The SMILES string of the molecule is Cc1ccc(F)c(C(=O)N2CCCN(C)CC2C)c1. The molecular formula is C15H21FN2O. The van der Waals surface area contributed by atoms with Crippen molar-refractivity contribution in [2.75, 3.05) is 26.7 Å². The van der Waals surface area contributed by atoms with E-state index in [-0.39, 0.29) is 17.5 Å². The average molecular weight is 264 g/mol. The van der Waals surface area contributed by atoms with Gasteiger partial charge in [0.1, 0.15) is 5.82 Å². The summed E-state index contributed by atoms with van der Waals surface area (Å²) in [5, 5.41) is 0. The maximum absolute atomic E-state index is 13.8. The molecule has 0 spiro atoms. The van der Waals surface area contributed by atoms with Crippen molar-refractivity contribution < 1.29 is 9.18 Å². The molecule has 1 fully saturated rings. The van der Waals surface area contributed by atoms with Gasteiger partial charge in [-0.2, -0.15) is 0 Å². The van der Waals surface area contributed by atoms with Crippen LogP contribution in [0.4, 0.5) is 4.39 Å². The smallest absolute Gasteiger partial charge is 0.257 e. The number of carbonyl (C=O) groups is 1. The molecular weight excluding hydrogens is 243 g/mol. The fourth-order valence-corrected chi connectivity index (χ4v) is 2.63. The molecule has 1 amide bonds. The minimum Gasteiger partial charge on any atom is -0.335 e. The Bertz CT molecular complexity index is 475. The molecule has 19 heavy (non-hydrogen) atoms. The van der Waals surface area contributed by atoms with E-state index in [4.69, 9.17) is 0 Å². The summed E-state index contributed by atoms with van der Waals surface area (Å²) in [7, 11) is 2.05. The standard InChI is InChI=1S/C15H21FN2O/c1-11-5-6-14(16)13(9-11)15(19)18-8-4-7-17(3)10-12(18)2/h5-6,9,12H,4,7-8,10H2,1-3H3. The number of likely N-dealkylation sites (N-methyl/N-ethyl adjacent to an activating group) is 1. The third-order valence-electron chi connectivity index (χ3n) is 3.66. The highest BCUT2D eigenvalue weighted by molar-refractivity contribution is 5.95. The first-order valence-electron chi connectivity index (χ1n) is 6.74. The average Bonchev–Trinajstić information content (AvgIpc) is 2.52. The molecule has 0 aromatic heterocycles. The highest BCUT2D eigenvalue weighted by Crippen LogP contribution is 2.17. The van der Waals surface area contributed by atoms with Crippen molar-refractivity contribution in [2.24, 2.45) is 0 Å². The van der Waals surface area contributed by atoms with E-state index >= 15 is 0 Å². The van der Waals surface area contributed by atoms with Crippen LogP contribution in [-0.4, -0.2) is 48.4 Å². The summed E-state index contributed by atoms with van der Waals surface area (Å²) in [6, 6.07) is 4.81. The van der Waals surface area contributed by atoms with Crippen LogP contribution in [0.1, 0.15) is 29.3 Å². The molecule has 1 atom stereocenters. The summed E-state index contributed by atoms with van der Waals surface area (Å²) in [6.45, 7) is 6.39. The van der Waals surface area contributed by atoms with E-state index in [2.05, 4.69) is 11.9 Å². The van der Waals surface area contributed by atoms with Gasteiger partial charge >= 0.3 is 0 Å². The summed E-state index contributed by atoms with van der Waals surface area (Å²) < 4.78 is 13.8. The van der Waals surface area contributed by atoms with E-state index in [9.17, 15) is 9.18 Å². The molecule has 0 N–H and O–H groups in total. The van der Waals surface area contributed by atoms with Crippen molar-refractivity contribution >= 4 is 5.91 Å². The zero-order valence-electron chi connectivity index (χ0n) is 11.8. The molecule has 1 aliphatic rings. The molecule has 0 bridgehead atoms. The maximum atomic E-state index is 13.8. The van der Waals surface area contributed by atoms with Gasteiger partial charge in [-0.1, -0.05) is 11.6 Å². The van der Waals surface area contributed by atoms with Gasteiger partial charge in [0.05, 0.1) is 5.56 Å². The number of rotatable bonds is 1. The van der Waals surface area contributed by atoms with Crippen molar-refractivity contribution in [3.63, 3.8) is 0 Å². The van der Waals surface area contributed by atoms with Crippen molar-refractivity contribution in [2.45, 2.75) is 26.3 Å². The van der Waals surface area contributed by atoms with E-state index in [1.807, 2.05) is 13.8 Å². The maximum Gasteiger partial charge on any atom is 0.257 e. The molecule has 1 aromatic carbocycles. The van der Waals surface area contributed by atoms with Crippen molar-refractivity contribution in [1.82, 2.24) is 9.80 Å². The summed E-state index contributed by atoms with van der Waals surface area (Å²) in [6.07, 6.45) is 0.931. The Balaban J connectivity index is 2.25. The van der Waals surface area contributed by atoms with Crippen LogP contribution in [0.5, 0.6) is 0 Å². The fraction of sp³-hybridized carbons (Fsp3) is 0.533. The lowest BCUT2D eigenvalue weighted by atomic mass is 10.1. The number of amides is 1. The van der Waals surface area contributed by atoms with Crippen LogP contribution < -0.4 is 0 Å². The first-order chi connectivity index (χ1) is 8.99. The number of benzene rings is 1. The van der Waals surface area contributed by atoms with Gasteiger partial charge < -0.3 is 9.80 Å². The van der Waals surface area contributed by atoms with Gasteiger partial charge in [0.25, 0.3) is 5.91 Å². The molecule has 4 heteroatoms. The number of nitrogens with zero attached hydrogens (tertiary/aromatic N) is 2. The van der Waals surface area contributed by atoms with Crippen LogP contribution >= 0.6 is 0 Å². The number of aryl methyl sites for hydroxylation is 1. The largest absolute Gasteiger partial charge is 0.335 e. The third-order valence-corrected chi connectivity index (χ3v) is 3.66. The van der Waals surface area contributed by atoms with Crippen LogP contribution in [0.15, 0.2) is 18.2 Å². The monoisotopic (exact) mass is 264 g/mol. The van der Waals surface area contributed by atoms with Gasteiger partial charge in [0.15, 0.2) is 0 Å². The molecule has 0 radical (unpaired) electrons. The minimum absolute atomic E-state index is 0.111. The van der Waals surface area contributed by atoms with E-state index in [0.29, 0.717) is 6.54 Å². The Kier molecular flexibility index (Phi) is 4.20. The summed E-state index contributed by atoms with van der Waals surface area (Å²) in [5.74, 6) is -0.621. The second kappa shape index (κ2) is 5.70. The molecule has 3 nitrogen and oxygen atoms in total. The highest BCUT2D eigenvalue weighted by Gasteiger charge is 2.26. The number of hydrogen-bond donors (Lipinski definition) is 0. The number of hydrogen-bond acceptors (Lipinski definition) is 2. The molecule has 0 aliphatic carbocycles. The number of halogens is 1. The molecule has 1 heterocycles. The van der Waals surface area contributed by atoms with E-state index < -0.39 is 5.82 Å². The van der Waals surface area contributed by atoms with Gasteiger partial charge in [0, 0.05) is 19.1 Å². The van der Waals surface area contributed by atoms with Crippen LogP contribution in [0.2, 0.25) is 0 Å². The van der Waals surface area contributed by atoms with Crippen molar-refractivity contribution in [3.05, 3.63) is 35.1 Å². The Hall–Kier alpha value is -1.42. The minimum atomic E-state index is -0.430. The van der Waals surface area contributed by atoms with Crippen molar-refractivity contribution in [3.8, 4) is 0 Å². The van der Waals surface area contributed by atoms with Gasteiger partial charge in [-0.25, -0.2) is 4.39 Å².